The zero-order chi connectivity index (χ0) is 14.7. The predicted molar refractivity (Wildman–Crippen MR) is 85.4 cm³/mol. The highest BCUT2D eigenvalue weighted by molar-refractivity contribution is 5.30. The monoisotopic (exact) mass is 286 g/mol. The summed E-state index contributed by atoms with van der Waals surface area (Å²) in [7, 11) is 0. The van der Waals surface area contributed by atoms with Gasteiger partial charge in [-0.1, -0.05) is 13.3 Å². The van der Waals surface area contributed by atoms with E-state index in [9.17, 15) is 0 Å². The lowest BCUT2D eigenvalue weighted by molar-refractivity contribution is 0.502. The molecule has 0 saturated heterocycles. The van der Waals surface area contributed by atoms with Gasteiger partial charge in [0.1, 0.15) is 0 Å². The van der Waals surface area contributed by atoms with E-state index in [1.54, 1.807) is 0 Å². The first-order chi connectivity index (χ1) is 10.3. The molecule has 1 N–H and O–H groups in total. The van der Waals surface area contributed by atoms with Crippen LogP contribution in [0.1, 0.15) is 55.8 Å². The fourth-order valence-electron chi connectivity index (χ4n) is 3.34. The molecule has 4 nitrogen and oxygen atoms in total. The molecule has 0 aromatic carbocycles. The van der Waals surface area contributed by atoms with Crippen LogP contribution in [0.4, 0.5) is 0 Å². The van der Waals surface area contributed by atoms with Crippen molar-refractivity contribution in [3.05, 3.63) is 41.5 Å². The summed E-state index contributed by atoms with van der Waals surface area (Å²) < 4.78 is 4.32. The van der Waals surface area contributed by atoms with Gasteiger partial charge in [-0.05, 0) is 43.9 Å². The Morgan fingerprint density at radius 3 is 2.90 bits per heavy atom. The molecule has 2 heterocycles. The van der Waals surface area contributed by atoms with E-state index in [1.807, 2.05) is 10.9 Å². The molecule has 0 spiro atoms. The van der Waals surface area contributed by atoms with Crippen LogP contribution < -0.4 is 5.32 Å². The van der Waals surface area contributed by atoms with Crippen LogP contribution in [0, 0.1) is 0 Å². The molecule has 2 aromatic heterocycles. The normalized spacial score (nSPS) is 18.5. The zero-order valence-corrected chi connectivity index (χ0v) is 13.2. The Bertz CT molecular complexity index is 581. The summed E-state index contributed by atoms with van der Waals surface area (Å²) in [6.45, 7) is 7.21. The maximum absolute atomic E-state index is 4.36. The van der Waals surface area contributed by atoms with Crippen LogP contribution in [-0.2, 0) is 19.5 Å². The molecule has 1 aliphatic carbocycles. The molecule has 0 amide bonds. The van der Waals surface area contributed by atoms with Gasteiger partial charge >= 0.3 is 0 Å². The lowest BCUT2D eigenvalue weighted by atomic mass is 10.0. The summed E-state index contributed by atoms with van der Waals surface area (Å²) in [5.74, 6) is 0. The standard InChI is InChI=1S/C17H26N4/c1-3-18-17-8-6-5-7-15-12-20(13-16(15)17)10-14-9-19-21(4-2)11-14/h9,11-13,17-18H,3-8,10H2,1-2H3. The number of aromatic nitrogens is 3. The first-order valence-electron chi connectivity index (χ1n) is 8.23. The van der Waals surface area contributed by atoms with Gasteiger partial charge in [0.2, 0.25) is 0 Å². The summed E-state index contributed by atoms with van der Waals surface area (Å²) in [5.41, 5.74) is 4.32. The van der Waals surface area contributed by atoms with Gasteiger partial charge in [-0.25, -0.2) is 0 Å². The van der Waals surface area contributed by atoms with Crippen molar-refractivity contribution >= 4 is 0 Å². The van der Waals surface area contributed by atoms with Crippen molar-refractivity contribution in [2.24, 2.45) is 0 Å². The zero-order valence-electron chi connectivity index (χ0n) is 13.2. The van der Waals surface area contributed by atoms with Crippen molar-refractivity contribution in [3.8, 4) is 0 Å². The van der Waals surface area contributed by atoms with E-state index in [0.29, 0.717) is 6.04 Å². The third-order valence-electron chi connectivity index (χ3n) is 4.39. The van der Waals surface area contributed by atoms with E-state index in [1.165, 1.54) is 42.4 Å². The molecule has 0 saturated carbocycles. The maximum atomic E-state index is 4.36. The Labute approximate surface area is 127 Å². The Morgan fingerprint density at radius 1 is 1.24 bits per heavy atom. The number of nitrogens with one attached hydrogen (secondary N) is 1. The average Bonchev–Trinajstić information content (AvgIpc) is 3.05. The van der Waals surface area contributed by atoms with E-state index in [4.69, 9.17) is 0 Å². The van der Waals surface area contributed by atoms with Crippen molar-refractivity contribution in [1.29, 1.82) is 0 Å². The number of rotatable bonds is 5. The molecule has 3 rings (SSSR count). The van der Waals surface area contributed by atoms with E-state index >= 15 is 0 Å². The molecule has 114 valence electrons. The molecule has 0 aliphatic heterocycles. The Hall–Kier alpha value is -1.55. The highest BCUT2D eigenvalue weighted by atomic mass is 15.3. The predicted octanol–water partition coefficient (Wildman–Crippen LogP) is 3.13. The third kappa shape index (κ3) is 3.21. The van der Waals surface area contributed by atoms with Crippen molar-refractivity contribution in [2.45, 2.75) is 58.7 Å². The number of aryl methyl sites for hydroxylation is 2. The van der Waals surface area contributed by atoms with E-state index in [2.05, 4.69) is 47.4 Å². The van der Waals surface area contributed by atoms with E-state index < -0.39 is 0 Å². The molecule has 0 bridgehead atoms. The van der Waals surface area contributed by atoms with E-state index in [-0.39, 0.29) is 0 Å². The second-order valence-corrected chi connectivity index (χ2v) is 5.97. The summed E-state index contributed by atoms with van der Waals surface area (Å²) >= 11 is 0. The molecule has 2 aromatic rings. The van der Waals surface area contributed by atoms with Gasteiger partial charge in [-0.2, -0.15) is 5.10 Å². The fraction of sp³-hybridized carbons (Fsp3) is 0.588. The van der Waals surface area contributed by atoms with Crippen LogP contribution in [-0.4, -0.2) is 20.9 Å². The molecular weight excluding hydrogens is 260 g/mol. The Balaban J connectivity index is 1.80. The first kappa shape index (κ1) is 14.4. The molecule has 1 aliphatic rings. The summed E-state index contributed by atoms with van der Waals surface area (Å²) in [6.07, 6.45) is 13.9. The van der Waals surface area contributed by atoms with Crippen LogP contribution in [0.25, 0.3) is 0 Å². The third-order valence-corrected chi connectivity index (χ3v) is 4.39. The molecule has 1 atom stereocenters. The Kier molecular flexibility index (Phi) is 4.44. The topological polar surface area (TPSA) is 34.8 Å². The number of hydrogen-bond donors (Lipinski definition) is 1. The minimum atomic E-state index is 0.534. The van der Waals surface area contributed by atoms with Crippen molar-refractivity contribution in [3.63, 3.8) is 0 Å². The molecule has 21 heavy (non-hydrogen) atoms. The summed E-state index contributed by atoms with van der Waals surface area (Å²) in [6, 6.07) is 0.534. The van der Waals surface area contributed by atoms with Gasteiger partial charge in [-0.3, -0.25) is 4.68 Å². The summed E-state index contributed by atoms with van der Waals surface area (Å²) in [5, 5.41) is 8.00. The van der Waals surface area contributed by atoms with Gasteiger partial charge < -0.3 is 9.88 Å². The van der Waals surface area contributed by atoms with Crippen molar-refractivity contribution in [2.75, 3.05) is 6.54 Å². The van der Waals surface area contributed by atoms with Gasteiger partial charge in [-0.15, -0.1) is 0 Å². The number of fused-ring (bicyclic) bond motifs is 1. The van der Waals surface area contributed by atoms with Crippen LogP contribution in [0.2, 0.25) is 0 Å². The average molecular weight is 286 g/mol. The number of hydrogen-bond acceptors (Lipinski definition) is 2. The van der Waals surface area contributed by atoms with Gasteiger partial charge in [0, 0.05) is 36.7 Å². The lowest BCUT2D eigenvalue weighted by Gasteiger charge is -2.15. The van der Waals surface area contributed by atoms with E-state index in [0.717, 1.165) is 19.6 Å². The smallest absolute Gasteiger partial charge is 0.0539 e. The van der Waals surface area contributed by atoms with Crippen LogP contribution >= 0.6 is 0 Å². The second-order valence-electron chi connectivity index (χ2n) is 5.97. The minimum Gasteiger partial charge on any atom is -0.349 e. The molecule has 1 unspecified atom stereocenters. The highest BCUT2D eigenvalue weighted by Gasteiger charge is 2.19. The number of nitrogens with zero attached hydrogens (tertiary/aromatic N) is 3. The highest BCUT2D eigenvalue weighted by Crippen LogP contribution is 2.29. The molecule has 0 radical (unpaired) electrons. The second kappa shape index (κ2) is 6.48. The quantitative estimate of drug-likeness (QED) is 0.857. The molecule has 4 heteroatoms. The lowest BCUT2D eigenvalue weighted by Crippen LogP contribution is -2.20. The summed E-state index contributed by atoms with van der Waals surface area (Å²) in [4.78, 5) is 0. The largest absolute Gasteiger partial charge is 0.349 e. The van der Waals surface area contributed by atoms with Crippen molar-refractivity contribution in [1.82, 2.24) is 19.7 Å². The molecular formula is C17H26N4. The first-order valence-corrected chi connectivity index (χ1v) is 8.23. The Morgan fingerprint density at radius 2 is 2.14 bits per heavy atom. The molecule has 0 fully saturated rings. The maximum Gasteiger partial charge on any atom is 0.0539 e. The van der Waals surface area contributed by atoms with Crippen LogP contribution in [0.3, 0.4) is 0 Å². The van der Waals surface area contributed by atoms with Gasteiger partial charge in [0.15, 0.2) is 0 Å². The van der Waals surface area contributed by atoms with Crippen LogP contribution in [0.5, 0.6) is 0 Å². The van der Waals surface area contributed by atoms with Crippen molar-refractivity contribution < 1.29 is 0 Å². The minimum absolute atomic E-state index is 0.534. The van der Waals surface area contributed by atoms with Crippen LogP contribution in [0.15, 0.2) is 24.8 Å². The fourth-order valence-corrected chi connectivity index (χ4v) is 3.34. The van der Waals surface area contributed by atoms with Gasteiger partial charge in [0.05, 0.1) is 12.7 Å². The SMILES string of the molecule is CCNC1CCCCc2cn(Cc3cnn(CC)c3)cc21. The van der Waals surface area contributed by atoms with Gasteiger partial charge in [0.25, 0.3) is 0 Å².